The summed E-state index contributed by atoms with van der Waals surface area (Å²) >= 11 is 0. The SMILES string of the molecule is Cc1ccc(S(=O)(=O)[C@@H](CNC(=O)Cc2ccc(F)cc2)c2ccco2)cc1C. The van der Waals surface area contributed by atoms with E-state index in [-0.39, 0.29) is 35.3 Å². The molecule has 2 aromatic carbocycles. The van der Waals surface area contributed by atoms with Crippen molar-refractivity contribution in [3.63, 3.8) is 0 Å². The van der Waals surface area contributed by atoms with Crippen LogP contribution in [0.15, 0.2) is 70.2 Å². The fourth-order valence-corrected chi connectivity index (χ4v) is 4.62. The molecule has 0 aliphatic rings. The number of amides is 1. The fourth-order valence-electron chi connectivity index (χ4n) is 2.95. The van der Waals surface area contributed by atoms with Gasteiger partial charge in [0.05, 0.1) is 17.6 Å². The molecule has 0 spiro atoms. The maximum Gasteiger partial charge on any atom is 0.224 e. The van der Waals surface area contributed by atoms with E-state index in [9.17, 15) is 17.6 Å². The van der Waals surface area contributed by atoms with Gasteiger partial charge < -0.3 is 9.73 Å². The minimum Gasteiger partial charge on any atom is -0.468 e. The molecular weight excluding hydrogens is 393 g/mol. The number of carbonyl (C=O) groups excluding carboxylic acids is 1. The van der Waals surface area contributed by atoms with Gasteiger partial charge in [0.25, 0.3) is 0 Å². The second-order valence-electron chi connectivity index (χ2n) is 6.90. The van der Waals surface area contributed by atoms with Crippen molar-refractivity contribution < 1.29 is 22.0 Å². The summed E-state index contributed by atoms with van der Waals surface area (Å²) in [6.45, 7) is 3.62. The van der Waals surface area contributed by atoms with Gasteiger partial charge in [-0.05, 0) is 66.9 Å². The molecule has 0 unspecified atom stereocenters. The van der Waals surface area contributed by atoms with E-state index in [0.29, 0.717) is 5.56 Å². The van der Waals surface area contributed by atoms with Crippen molar-refractivity contribution >= 4 is 15.7 Å². The molecule has 1 heterocycles. The molecule has 1 N–H and O–H groups in total. The topological polar surface area (TPSA) is 76.4 Å². The van der Waals surface area contributed by atoms with E-state index < -0.39 is 15.1 Å². The normalized spacial score (nSPS) is 12.5. The Morgan fingerprint density at radius 3 is 2.41 bits per heavy atom. The molecule has 3 aromatic rings. The number of sulfone groups is 1. The molecular formula is C22H22FNO4S. The van der Waals surface area contributed by atoms with Crippen molar-refractivity contribution in [2.75, 3.05) is 6.54 Å². The van der Waals surface area contributed by atoms with Crippen LogP contribution < -0.4 is 5.32 Å². The molecule has 0 fully saturated rings. The van der Waals surface area contributed by atoms with E-state index in [2.05, 4.69) is 5.32 Å². The number of benzene rings is 2. The summed E-state index contributed by atoms with van der Waals surface area (Å²) in [5.41, 5.74) is 2.49. The van der Waals surface area contributed by atoms with Crippen molar-refractivity contribution in [3.8, 4) is 0 Å². The summed E-state index contributed by atoms with van der Waals surface area (Å²) in [4.78, 5) is 12.5. The number of carbonyl (C=O) groups is 1. The standard InChI is InChI=1S/C22H22FNO4S/c1-15-5-10-19(12-16(15)2)29(26,27)21(20-4-3-11-28-20)14-24-22(25)13-17-6-8-18(23)9-7-17/h3-12,21H,13-14H2,1-2H3,(H,24,25)/t21-/m0/s1. The Kier molecular flexibility index (Phi) is 6.17. The molecule has 0 radical (unpaired) electrons. The Labute approximate surface area is 169 Å². The van der Waals surface area contributed by atoms with E-state index in [1.807, 2.05) is 13.8 Å². The second-order valence-corrected chi connectivity index (χ2v) is 9.03. The average Bonchev–Trinajstić information content (AvgIpc) is 3.20. The predicted molar refractivity (Wildman–Crippen MR) is 108 cm³/mol. The summed E-state index contributed by atoms with van der Waals surface area (Å²) in [5.74, 6) is -0.486. The van der Waals surface area contributed by atoms with Crippen LogP contribution in [0.1, 0.15) is 27.7 Å². The Morgan fingerprint density at radius 1 is 1.07 bits per heavy atom. The van der Waals surface area contributed by atoms with E-state index in [4.69, 9.17) is 4.42 Å². The van der Waals surface area contributed by atoms with Crippen molar-refractivity contribution in [2.24, 2.45) is 0 Å². The molecule has 5 nitrogen and oxygen atoms in total. The number of nitrogens with one attached hydrogen (secondary N) is 1. The Morgan fingerprint density at radius 2 is 1.79 bits per heavy atom. The van der Waals surface area contributed by atoms with Gasteiger partial charge in [-0.15, -0.1) is 0 Å². The van der Waals surface area contributed by atoms with Crippen molar-refractivity contribution in [2.45, 2.75) is 30.4 Å². The highest BCUT2D eigenvalue weighted by Crippen LogP contribution is 2.30. The lowest BCUT2D eigenvalue weighted by molar-refractivity contribution is -0.120. The highest BCUT2D eigenvalue weighted by Gasteiger charge is 2.32. The monoisotopic (exact) mass is 415 g/mol. The van der Waals surface area contributed by atoms with Crippen molar-refractivity contribution in [3.05, 3.63) is 89.1 Å². The molecule has 152 valence electrons. The number of furan rings is 1. The third-order valence-corrected chi connectivity index (χ3v) is 6.86. The molecule has 0 bridgehead atoms. The van der Waals surface area contributed by atoms with E-state index in [0.717, 1.165) is 11.1 Å². The van der Waals surface area contributed by atoms with Crippen LogP contribution in [0.3, 0.4) is 0 Å². The van der Waals surface area contributed by atoms with Crippen LogP contribution in [0, 0.1) is 19.7 Å². The molecule has 1 atom stereocenters. The summed E-state index contributed by atoms with van der Waals surface area (Å²) in [7, 11) is -3.80. The van der Waals surface area contributed by atoms with E-state index in [1.165, 1.54) is 30.5 Å². The van der Waals surface area contributed by atoms with E-state index in [1.54, 1.807) is 30.3 Å². The van der Waals surface area contributed by atoms with Gasteiger partial charge in [-0.25, -0.2) is 12.8 Å². The molecule has 7 heteroatoms. The number of aryl methyl sites for hydroxylation is 2. The van der Waals surface area contributed by atoms with Gasteiger partial charge in [0.15, 0.2) is 9.84 Å². The highest BCUT2D eigenvalue weighted by atomic mass is 32.2. The minimum absolute atomic E-state index is 0.0227. The van der Waals surface area contributed by atoms with Crippen LogP contribution in [0.25, 0.3) is 0 Å². The lowest BCUT2D eigenvalue weighted by atomic mass is 10.1. The molecule has 0 saturated heterocycles. The molecule has 0 aliphatic heterocycles. The van der Waals surface area contributed by atoms with Gasteiger partial charge >= 0.3 is 0 Å². The Bertz CT molecular complexity index is 1090. The Balaban J connectivity index is 1.79. The molecule has 29 heavy (non-hydrogen) atoms. The van der Waals surface area contributed by atoms with Crippen LogP contribution in [0.2, 0.25) is 0 Å². The smallest absolute Gasteiger partial charge is 0.224 e. The predicted octanol–water partition coefficient (Wildman–Crippen LogP) is 3.91. The number of hydrogen-bond donors (Lipinski definition) is 1. The van der Waals surface area contributed by atoms with Gasteiger partial charge in [0, 0.05) is 6.54 Å². The number of halogens is 1. The van der Waals surface area contributed by atoms with Gasteiger partial charge in [-0.1, -0.05) is 18.2 Å². The van der Waals surface area contributed by atoms with E-state index >= 15 is 0 Å². The van der Waals surface area contributed by atoms with Crippen LogP contribution in [0.4, 0.5) is 4.39 Å². The first-order valence-electron chi connectivity index (χ1n) is 9.13. The average molecular weight is 415 g/mol. The largest absolute Gasteiger partial charge is 0.468 e. The minimum atomic E-state index is -3.80. The molecule has 1 aromatic heterocycles. The first kappa shape index (κ1) is 20.8. The van der Waals surface area contributed by atoms with Crippen LogP contribution in [0.5, 0.6) is 0 Å². The maximum atomic E-state index is 13.2. The Hall–Kier alpha value is -2.93. The zero-order valence-electron chi connectivity index (χ0n) is 16.2. The quantitative estimate of drug-likeness (QED) is 0.635. The second kappa shape index (κ2) is 8.61. The van der Waals surface area contributed by atoms with Crippen LogP contribution >= 0.6 is 0 Å². The first-order valence-corrected chi connectivity index (χ1v) is 10.7. The number of hydrogen-bond acceptors (Lipinski definition) is 4. The molecule has 3 rings (SSSR count). The van der Waals surface area contributed by atoms with Gasteiger partial charge in [0.1, 0.15) is 16.8 Å². The lowest BCUT2D eigenvalue weighted by Gasteiger charge is -2.17. The van der Waals surface area contributed by atoms with Crippen LogP contribution in [-0.2, 0) is 21.1 Å². The third kappa shape index (κ3) is 4.92. The fraction of sp³-hybridized carbons (Fsp3) is 0.227. The summed E-state index contributed by atoms with van der Waals surface area (Å²) in [5, 5.41) is 1.61. The number of rotatable bonds is 7. The molecule has 0 aliphatic carbocycles. The van der Waals surface area contributed by atoms with Crippen molar-refractivity contribution in [1.29, 1.82) is 0 Å². The molecule has 0 saturated carbocycles. The zero-order chi connectivity index (χ0) is 21.0. The van der Waals surface area contributed by atoms with Gasteiger partial charge in [0.2, 0.25) is 5.91 Å². The summed E-state index contributed by atoms with van der Waals surface area (Å²) in [6, 6.07) is 13.7. The third-order valence-electron chi connectivity index (χ3n) is 4.80. The van der Waals surface area contributed by atoms with Gasteiger partial charge in [-0.2, -0.15) is 0 Å². The molecule has 1 amide bonds. The van der Waals surface area contributed by atoms with Gasteiger partial charge in [-0.3, -0.25) is 4.79 Å². The highest BCUT2D eigenvalue weighted by molar-refractivity contribution is 7.91. The lowest BCUT2D eigenvalue weighted by Crippen LogP contribution is -2.32. The first-order chi connectivity index (χ1) is 13.8. The summed E-state index contributed by atoms with van der Waals surface area (Å²) in [6.07, 6.45) is 1.42. The van der Waals surface area contributed by atoms with Crippen LogP contribution in [-0.4, -0.2) is 20.9 Å². The van der Waals surface area contributed by atoms with Crippen molar-refractivity contribution in [1.82, 2.24) is 5.32 Å². The zero-order valence-corrected chi connectivity index (χ0v) is 17.0. The summed E-state index contributed by atoms with van der Waals surface area (Å²) < 4.78 is 44.9. The maximum absolute atomic E-state index is 13.2.